The Morgan fingerprint density at radius 2 is 2.20 bits per heavy atom. The highest BCUT2D eigenvalue weighted by atomic mass is 16.6. The van der Waals surface area contributed by atoms with E-state index in [9.17, 15) is 9.59 Å². The van der Waals surface area contributed by atoms with Gasteiger partial charge in [-0.25, -0.2) is 4.79 Å². The molecule has 5 heteroatoms. The van der Waals surface area contributed by atoms with Crippen molar-refractivity contribution in [2.75, 3.05) is 19.7 Å². The molecule has 1 amide bonds. The molecule has 1 aliphatic heterocycles. The van der Waals surface area contributed by atoms with Crippen LogP contribution in [0.5, 0.6) is 0 Å². The minimum absolute atomic E-state index is 0.270. The zero-order chi connectivity index (χ0) is 11.4. The molecule has 0 radical (unpaired) electrons. The van der Waals surface area contributed by atoms with Crippen molar-refractivity contribution in [2.24, 2.45) is 11.8 Å². The lowest BCUT2D eigenvalue weighted by molar-refractivity contribution is -0.141. The molecule has 0 aromatic carbocycles. The largest absolute Gasteiger partial charge is 0.481 e. The third-order valence-electron chi connectivity index (χ3n) is 2.34. The Bertz CT molecular complexity index is 252. The molecule has 86 valence electrons. The number of rotatable bonds is 3. The molecule has 1 N–H and O–H groups in total. The predicted octanol–water partition coefficient (Wildman–Crippen LogP) is 1.19. The van der Waals surface area contributed by atoms with Gasteiger partial charge in [-0.2, -0.15) is 0 Å². The number of carboxylic acids is 1. The maximum atomic E-state index is 11.4. The first kappa shape index (κ1) is 11.8. The van der Waals surface area contributed by atoms with Crippen LogP contribution < -0.4 is 0 Å². The van der Waals surface area contributed by atoms with Gasteiger partial charge < -0.3 is 14.7 Å². The third-order valence-corrected chi connectivity index (χ3v) is 2.34. The Labute approximate surface area is 89.0 Å². The fraction of sp³-hybridized carbons (Fsp3) is 0.800. The van der Waals surface area contributed by atoms with Crippen LogP contribution in [0.3, 0.4) is 0 Å². The maximum Gasteiger partial charge on any atom is 0.409 e. The Hall–Kier alpha value is -1.26. The average molecular weight is 215 g/mol. The quantitative estimate of drug-likeness (QED) is 0.767. The second-order valence-corrected chi connectivity index (χ2v) is 4.24. The van der Waals surface area contributed by atoms with Crippen molar-refractivity contribution in [1.82, 2.24) is 4.90 Å². The van der Waals surface area contributed by atoms with E-state index in [1.807, 2.05) is 13.8 Å². The second-order valence-electron chi connectivity index (χ2n) is 4.24. The van der Waals surface area contributed by atoms with E-state index in [0.717, 1.165) is 0 Å². The SMILES string of the molecule is CC(C)COC(=O)N1CCC(C(=O)O)C1. The van der Waals surface area contributed by atoms with Crippen molar-refractivity contribution in [1.29, 1.82) is 0 Å². The molecule has 1 fully saturated rings. The molecule has 0 bridgehead atoms. The highest BCUT2D eigenvalue weighted by molar-refractivity contribution is 5.74. The zero-order valence-electron chi connectivity index (χ0n) is 9.10. The molecule has 0 spiro atoms. The van der Waals surface area contributed by atoms with Crippen molar-refractivity contribution in [3.63, 3.8) is 0 Å². The molecule has 0 saturated carbocycles. The predicted molar refractivity (Wildman–Crippen MR) is 53.5 cm³/mol. The summed E-state index contributed by atoms with van der Waals surface area (Å²) in [6, 6.07) is 0. The minimum atomic E-state index is -0.839. The fourth-order valence-corrected chi connectivity index (χ4v) is 1.46. The Kier molecular flexibility index (Phi) is 3.94. The average Bonchev–Trinajstić information content (AvgIpc) is 2.62. The van der Waals surface area contributed by atoms with Crippen molar-refractivity contribution in [3.8, 4) is 0 Å². The van der Waals surface area contributed by atoms with Gasteiger partial charge in [0.2, 0.25) is 0 Å². The number of amides is 1. The number of nitrogens with zero attached hydrogens (tertiary/aromatic N) is 1. The molecule has 1 rings (SSSR count). The lowest BCUT2D eigenvalue weighted by atomic mass is 10.1. The summed E-state index contributed by atoms with van der Waals surface area (Å²) >= 11 is 0. The van der Waals surface area contributed by atoms with Gasteiger partial charge in [0.25, 0.3) is 0 Å². The van der Waals surface area contributed by atoms with Gasteiger partial charge in [-0.05, 0) is 12.3 Å². The Balaban J connectivity index is 2.33. The monoisotopic (exact) mass is 215 g/mol. The lowest BCUT2D eigenvalue weighted by Crippen LogP contribution is -2.31. The number of carboxylic acid groups (broad SMARTS) is 1. The van der Waals surface area contributed by atoms with E-state index in [1.165, 1.54) is 4.90 Å². The Morgan fingerprint density at radius 3 is 2.67 bits per heavy atom. The van der Waals surface area contributed by atoms with E-state index < -0.39 is 18.0 Å². The van der Waals surface area contributed by atoms with Gasteiger partial charge in [-0.3, -0.25) is 4.79 Å². The number of ether oxygens (including phenoxy) is 1. The summed E-state index contributed by atoms with van der Waals surface area (Å²) in [7, 11) is 0. The number of carbonyl (C=O) groups is 2. The molecule has 1 aliphatic rings. The van der Waals surface area contributed by atoms with E-state index in [2.05, 4.69) is 0 Å². The molecule has 1 atom stereocenters. The molecule has 1 heterocycles. The first-order chi connectivity index (χ1) is 7.00. The topological polar surface area (TPSA) is 66.8 Å². The van der Waals surface area contributed by atoms with Crippen LogP contribution in [0, 0.1) is 11.8 Å². The van der Waals surface area contributed by atoms with Crippen LogP contribution in [-0.4, -0.2) is 41.8 Å². The number of aliphatic carboxylic acids is 1. The van der Waals surface area contributed by atoms with Gasteiger partial charge in [-0.15, -0.1) is 0 Å². The Morgan fingerprint density at radius 1 is 1.53 bits per heavy atom. The van der Waals surface area contributed by atoms with Gasteiger partial charge >= 0.3 is 12.1 Å². The van der Waals surface area contributed by atoms with Crippen LogP contribution in [0.15, 0.2) is 0 Å². The smallest absolute Gasteiger partial charge is 0.409 e. The normalized spacial score (nSPS) is 20.7. The van der Waals surface area contributed by atoms with Crippen LogP contribution in [-0.2, 0) is 9.53 Å². The highest BCUT2D eigenvalue weighted by Gasteiger charge is 2.31. The van der Waals surface area contributed by atoms with Crippen LogP contribution in [0.25, 0.3) is 0 Å². The van der Waals surface area contributed by atoms with E-state index in [0.29, 0.717) is 25.5 Å². The third kappa shape index (κ3) is 3.42. The summed E-state index contributed by atoms with van der Waals surface area (Å²) in [4.78, 5) is 23.5. The number of carbonyl (C=O) groups excluding carboxylic acids is 1. The van der Waals surface area contributed by atoms with Crippen molar-refractivity contribution >= 4 is 12.1 Å². The zero-order valence-corrected chi connectivity index (χ0v) is 9.10. The molecule has 1 unspecified atom stereocenters. The van der Waals surface area contributed by atoms with Gasteiger partial charge in [0.05, 0.1) is 12.5 Å². The van der Waals surface area contributed by atoms with Crippen molar-refractivity contribution in [3.05, 3.63) is 0 Å². The van der Waals surface area contributed by atoms with Crippen LogP contribution in [0.1, 0.15) is 20.3 Å². The van der Waals surface area contributed by atoms with Crippen molar-refractivity contribution < 1.29 is 19.4 Å². The number of hydrogen-bond acceptors (Lipinski definition) is 3. The molecular formula is C10H17NO4. The fourth-order valence-electron chi connectivity index (χ4n) is 1.46. The van der Waals surface area contributed by atoms with Gasteiger partial charge in [0.15, 0.2) is 0 Å². The summed E-state index contributed by atoms with van der Waals surface area (Å²) in [5.74, 6) is -0.974. The standard InChI is InChI=1S/C10H17NO4/c1-7(2)6-15-10(14)11-4-3-8(5-11)9(12)13/h7-8H,3-6H2,1-2H3,(H,12,13). The maximum absolute atomic E-state index is 11.4. The van der Waals surface area contributed by atoms with Gasteiger partial charge in [-0.1, -0.05) is 13.8 Å². The van der Waals surface area contributed by atoms with Gasteiger partial charge in [0, 0.05) is 13.1 Å². The van der Waals surface area contributed by atoms with Crippen LogP contribution in [0.2, 0.25) is 0 Å². The van der Waals surface area contributed by atoms with Crippen molar-refractivity contribution in [2.45, 2.75) is 20.3 Å². The molecular weight excluding hydrogens is 198 g/mol. The molecule has 0 aromatic rings. The molecule has 0 aliphatic carbocycles. The summed E-state index contributed by atoms with van der Waals surface area (Å²) < 4.78 is 5.01. The molecule has 0 aromatic heterocycles. The van der Waals surface area contributed by atoms with Crippen LogP contribution >= 0.6 is 0 Å². The first-order valence-electron chi connectivity index (χ1n) is 5.15. The van der Waals surface area contributed by atoms with E-state index in [4.69, 9.17) is 9.84 Å². The number of likely N-dealkylation sites (tertiary alicyclic amines) is 1. The summed E-state index contributed by atoms with van der Waals surface area (Å²) in [6.45, 7) is 5.04. The molecule has 5 nitrogen and oxygen atoms in total. The van der Waals surface area contributed by atoms with Crippen LogP contribution in [0.4, 0.5) is 4.79 Å². The van der Waals surface area contributed by atoms with E-state index >= 15 is 0 Å². The minimum Gasteiger partial charge on any atom is -0.481 e. The lowest BCUT2D eigenvalue weighted by Gasteiger charge is -2.16. The highest BCUT2D eigenvalue weighted by Crippen LogP contribution is 2.17. The summed E-state index contributed by atoms with van der Waals surface area (Å²) in [6.07, 6.45) is 0.124. The second kappa shape index (κ2) is 5.00. The number of hydrogen-bond donors (Lipinski definition) is 1. The van der Waals surface area contributed by atoms with Gasteiger partial charge in [0.1, 0.15) is 0 Å². The van der Waals surface area contributed by atoms with E-state index in [-0.39, 0.29) is 6.54 Å². The van der Waals surface area contributed by atoms with E-state index in [1.54, 1.807) is 0 Å². The summed E-state index contributed by atoms with van der Waals surface area (Å²) in [5, 5.41) is 8.75. The first-order valence-corrected chi connectivity index (χ1v) is 5.15. The molecule has 1 saturated heterocycles. The summed E-state index contributed by atoms with van der Waals surface area (Å²) in [5.41, 5.74) is 0. The molecule has 15 heavy (non-hydrogen) atoms.